The monoisotopic (exact) mass is 366 g/mol. The van der Waals surface area contributed by atoms with Crippen LogP contribution in [0.15, 0.2) is 48.3 Å². The van der Waals surface area contributed by atoms with Crippen molar-refractivity contribution in [2.45, 2.75) is 39.0 Å². The van der Waals surface area contributed by atoms with Gasteiger partial charge < -0.3 is 15.4 Å². The van der Waals surface area contributed by atoms with Gasteiger partial charge in [-0.3, -0.25) is 0 Å². The highest BCUT2D eigenvalue weighted by molar-refractivity contribution is 5.89. The Morgan fingerprint density at radius 3 is 2.70 bits per heavy atom. The van der Waals surface area contributed by atoms with E-state index in [1.165, 1.54) is 32.0 Å². The van der Waals surface area contributed by atoms with E-state index < -0.39 is 0 Å². The zero-order valence-corrected chi connectivity index (χ0v) is 15.7. The van der Waals surface area contributed by atoms with Gasteiger partial charge in [0.25, 0.3) is 0 Å². The summed E-state index contributed by atoms with van der Waals surface area (Å²) in [6, 6.07) is 9.01. The molecule has 0 spiro atoms. The van der Waals surface area contributed by atoms with E-state index in [-0.39, 0.29) is 5.97 Å². The Morgan fingerprint density at radius 2 is 1.96 bits per heavy atom. The Kier molecular flexibility index (Phi) is 6.79. The number of hydrogen-bond acceptors (Lipinski definition) is 6. The van der Waals surface area contributed by atoms with Gasteiger partial charge in [0.2, 0.25) is 0 Å². The maximum Gasteiger partial charge on any atom is 0.338 e. The van der Waals surface area contributed by atoms with Gasteiger partial charge in [0.1, 0.15) is 18.0 Å². The third-order valence-electron chi connectivity index (χ3n) is 4.47. The lowest BCUT2D eigenvalue weighted by molar-refractivity contribution is 0.0526. The van der Waals surface area contributed by atoms with Gasteiger partial charge in [0, 0.05) is 18.3 Å². The van der Waals surface area contributed by atoms with Crippen molar-refractivity contribution in [1.82, 2.24) is 9.97 Å². The van der Waals surface area contributed by atoms with Crippen molar-refractivity contribution in [2.24, 2.45) is 0 Å². The highest BCUT2D eigenvalue weighted by Gasteiger charge is 2.07. The van der Waals surface area contributed by atoms with Gasteiger partial charge in [0.05, 0.1) is 12.2 Å². The number of nitrogens with one attached hydrogen (secondary N) is 2. The summed E-state index contributed by atoms with van der Waals surface area (Å²) in [5.41, 5.74) is 2.92. The molecule has 1 aliphatic carbocycles. The minimum atomic E-state index is -0.314. The molecule has 0 amide bonds. The molecular formula is C21H26N4O2. The first-order chi connectivity index (χ1) is 13.2. The largest absolute Gasteiger partial charge is 0.462 e. The quantitative estimate of drug-likeness (QED) is 0.521. The maximum atomic E-state index is 11.7. The number of nitrogens with zero attached hydrogens (tertiary/aromatic N) is 2. The molecule has 0 fully saturated rings. The van der Waals surface area contributed by atoms with E-state index in [4.69, 9.17) is 4.74 Å². The van der Waals surface area contributed by atoms with Crippen molar-refractivity contribution < 1.29 is 9.53 Å². The van der Waals surface area contributed by atoms with Crippen LogP contribution in [0.4, 0.5) is 17.3 Å². The predicted octanol–water partition coefficient (Wildman–Crippen LogP) is 4.70. The molecular weight excluding hydrogens is 340 g/mol. The molecule has 1 heterocycles. The minimum absolute atomic E-state index is 0.314. The molecule has 142 valence electrons. The molecule has 0 saturated carbocycles. The van der Waals surface area contributed by atoms with E-state index in [1.807, 2.05) is 18.2 Å². The summed E-state index contributed by atoms with van der Waals surface area (Å²) in [7, 11) is 0. The molecule has 6 nitrogen and oxygen atoms in total. The van der Waals surface area contributed by atoms with Gasteiger partial charge in [-0.05, 0) is 63.3 Å². The summed E-state index contributed by atoms with van der Waals surface area (Å²) in [4.78, 5) is 20.2. The molecule has 1 aromatic carbocycles. The van der Waals surface area contributed by atoms with Gasteiger partial charge >= 0.3 is 5.97 Å². The Morgan fingerprint density at radius 1 is 1.15 bits per heavy atom. The number of benzene rings is 1. The van der Waals surface area contributed by atoms with E-state index >= 15 is 0 Å². The Balaban J connectivity index is 1.54. The average molecular weight is 366 g/mol. The third kappa shape index (κ3) is 5.81. The van der Waals surface area contributed by atoms with E-state index in [2.05, 4.69) is 26.7 Å². The van der Waals surface area contributed by atoms with Crippen molar-refractivity contribution in [3.8, 4) is 0 Å². The molecule has 3 rings (SSSR count). The zero-order chi connectivity index (χ0) is 18.9. The highest BCUT2D eigenvalue weighted by atomic mass is 16.5. The maximum absolute atomic E-state index is 11.7. The fourth-order valence-electron chi connectivity index (χ4n) is 3.06. The number of aromatic nitrogens is 2. The summed E-state index contributed by atoms with van der Waals surface area (Å²) in [6.07, 6.45) is 10.0. The lowest BCUT2D eigenvalue weighted by Gasteiger charge is -2.13. The summed E-state index contributed by atoms with van der Waals surface area (Å²) in [6.45, 7) is 3.03. The van der Waals surface area contributed by atoms with Gasteiger partial charge in [-0.1, -0.05) is 11.6 Å². The molecule has 0 unspecified atom stereocenters. The number of esters is 1. The summed E-state index contributed by atoms with van der Waals surface area (Å²) in [5, 5.41) is 6.59. The van der Waals surface area contributed by atoms with Crippen molar-refractivity contribution in [1.29, 1.82) is 0 Å². The molecule has 0 bridgehead atoms. The zero-order valence-electron chi connectivity index (χ0n) is 15.7. The number of ether oxygens (including phenoxy) is 1. The second-order valence-electron chi connectivity index (χ2n) is 6.50. The summed E-state index contributed by atoms with van der Waals surface area (Å²) < 4.78 is 4.99. The highest BCUT2D eigenvalue weighted by Crippen LogP contribution is 2.21. The van der Waals surface area contributed by atoms with Crippen LogP contribution >= 0.6 is 0 Å². The van der Waals surface area contributed by atoms with Crippen LogP contribution in [0.25, 0.3) is 0 Å². The number of carbonyl (C=O) groups is 1. The van der Waals surface area contributed by atoms with E-state index in [0.29, 0.717) is 18.0 Å². The van der Waals surface area contributed by atoms with Gasteiger partial charge in [-0.2, -0.15) is 0 Å². The smallest absolute Gasteiger partial charge is 0.338 e. The Bertz CT molecular complexity index is 787. The van der Waals surface area contributed by atoms with Crippen LogP contribution in [-0.4, -0.2) is 29.1 Å². The number of carbonyl (C=O) groups excluding carboxylic acids is 1. The van der Waals surface area contributed by atoms with Gasteiger partial charge in [0.15, 0.2) is 0 Å². The number of anilines is 3. The van der Waals surface area contributed by atoms with E-state index in [1.54, 1.807) is 24.6 Å². The first kappa shape index (κ1) is 18.9. The molecule has 0 atom stereocenters. The van der Waals surface area contributed by atoms with Gasteiger partial charge in [-0.15, -0.1) is 0 Å². The standard InChI is InChI=1S/C21H26N4O2/c1-2-27-21(26)17-8-10-18(11-9-17)25-20-14-19(23-15-24-20)22-13-12-16-6-4-3-5-7-16/h6,8-11,14-15H,2-5,7,12-13H2,1H3,(H2,22,23,24,25). The molecule has 0 radical (unpaired) electrons. The SMILES string of the molecule is CCOC(=O)c1ccc(Nc2cc(NCCC3=CCCCC3)ncn2)cc1. The van der Waals surface area contributed by atoms with Crippen molar-refractivity contribution in [2.75, 3.05) is 23.8 Å². The van der Waals surface area contributed by atoms with Crippen molar-refractivity contribution in [3.63, 3.8) is 0 Å². The second-order valence-corrected chi connectivity index (χ2v) is 6.50. The summed E-state index contributed by atoms with van der Waals surface area (Å²) >= 11 is 0. The van der Waals surface area contributed by atoms with Crippen LogP contribution < -0.4 is 10.6 Å². The van der Waals surface area contributed by atoms with Crippen LogP contribution in [0.5, 0.6) is 0 Å². The number of allylic oxidation sites excluding steroid dienone is 1. The molecule has 1 aromatic heterocycles. The molecule has 2 N–H and O–H groups in total. The van der Waals surface area contributed by atoms with Gasteiger partial charge in [-0.25, -0.2) is 14.8 Å². The molecule has 27 heavy (non-hydrogen) atoms. The Hall–Kier alpha value is -2.89. The normalized spacial score (nSPS) is 13.6. The topological polar surface area (TPSA) is 76.1 Å². The van der Waals surface area contributed by atoms with Crippen LogP contribution in [0.1, 0.15) is 49.4 Å². The van der Waals surface area contributed by atoms with Crippen molar-refractivity contribution in [3.05, 3.63) is 53.9 Å². The number of hydrogen-bond donors (Lipinski definition) is 2. The van der Waals surface area contributed by atoms with E-state index in [9.17, 15) is 4.79 Å². The lowest BCUT2D eigenvalue weighted by Crippen LogP contribution is -2.07. The molecule has 0 aliphatic heterocycles. The molecule has 2 aromatic rings. The third-order valence-corrected chi connectivity index (χ3v) is 4.47. The van der Waals surface area contributed by atoms with Crippen LogP contribution in [0, 0.1) is 0 Å². The van der Waals surface area contributed by atoms with Crippen LogP contribution in [0.3, 0.4) is 0 Å². The number of rotatable bonds is 8. The molecule has 0 saturated heterocycles. The first-order valence-corrected chi connectivity index (χ1v) is 9.52. The average Bonchev–Trinajstić information content (AvgIpc) is 2.70. The van der Waals surface area contributed by atoms with Crippen LogP contribution in [0.2, 0.25) is 0 Å². The molecule has 1 aliphatic rings. The summed E-state index contributed by atoms with van der Waals surface area (Å²) in [5.74, 6) is 1.19. The van der Waals surface area contributed by atoms with Crippen LogP contribution in [-0.2, 0) is 4.74 Å². The molecule has 6 heteroatoms. The van der Waals surface area contributed by atoms with E-state index in [0.717, 1.165) is 24.5 Å². The Labute approximate surface area is 160 Å². The fourth-order valence-corrected chi connectivity index (χ4v) is 3.06. The fraction of sp³-hybridized carbons (Fsp3) is 0.381. The second kappa shape index (κ2) is 9.71. The van der Waals surface area contributed by atoms with Crippen molar-refractivity contribution >= 4 is 23.3 Å². The minimum Gasteiger partial charge on any atom is -0.462 e. The first-order valence-electron chi connectivity index (χ1n) is 9.52. The lowest BCUT2D eigenvalue weighted by atomic mass is 9.97. The predicted molar refractivity (Wildman–Crippen MR) is 107 cm³/mol.